The summed E-state index contributed by atoms with van der Waals surface area (Å²) in [6.45, 7) is 2.68. The first-order chi connectivity index (χ1) is 6.75. The van der Waals surface area contributed by atoms with E-state index in [-0.39, 0.29) is 18.4 Å². The Bertz CT molecular complexity index is 169. The first-order valence-electron chi connectivity index (χ1n) is 5.59. The summed E-state index contributed by atoms with van der Waals surface area (Å²) in [5, 5.41) is 22.5. The van der Waals surface area contributed by atoms with Gasteiger partial charge in [0.25, 0.3) is 0 Å². The van der Waals surface area contributed by atoms with E-state index in [9.17, 15) is 10.2 Å². The van der Waals surface area contributed by atoms with Crippen LogP contribution in [0.4, 0.5) is 0 Å². The smallest absolute Gasteiger partial charge is 0.0668 e. The Hall–Kier alpha value is -0.160. The van der Waals surface area contributed by atoms with Crippen molar-refractivity contribution in [2.45, 2.75) is 44.1 Å². The van der Waals surface area contributed by atoms with Gasteiger partial charge in [0, 0.05) is 13.0 Å². The summed E-state index contributed by atoms with van der Waals surface area (Å²) in [5.41, 5.74) is 0. The fourth-order valence-electron chi connectivity index (χ4n) is 2.42. The number of hydrogen-bond acceptors (Lipinski definition) is 4. The third-order valence-electron chi connectivity index (χ3n) is 3.22. The van der Waals surface area contributed by atoms with Crippen LogP contribution in [-0.4, -0.2) is 53.1 Å². The fraction of sp³-hybridized carbons (Fsp3) is 1.00. The molecule has 0 aromatic heterocycles. The molecule has 0 aliphatic carbocycles. The van der Waals surface area contributed by atoms with Gasteiger partial charge in [-0.05, 0) is 32.4 Å². The summed E-state index contributed by atoms with van der Waals surface area (Å²) in [7, 11) is 0. The van der Waals surface area contributed by atoms with Crippen LogP contribution in [0.15, 0.2) is 0 Å². The molecule has 3 unspecified atom stereocenters. The molecule has 0 aromatic carbocycles. The molecular weight excluding hydrogens is 180 g/mol. The van der Waals surface area contributed by atoms with Crippen molar-refractivity contribution in [2.75, 3.05) is 19.6 Å². The maximum atomic E-state index is 9.55. The minimum Gasteiger partial charge on any atom is -0.393 e. The number of aliphatic hydroxyl groups is 2. The summed E-state index contributed by atoms with van der Waals surface area (Å²) in [6, 6.07) is 0. The Morgan fingerprint density at radius 1 is 1.14 bits per heavy atom. The predicted octanol–water partition coefficient (Wildman–Crippen LogP) is -0.487. The molecule has 0 amide bonds. The molecule has 82 valence electrons. The molecule has 0 bridgehead atoms. The Morgan fingerprint density at radius 2 is 2.00 bits per heavy atom. The van der Waals surface area contributed by atoms with Crippen LogP contribution >= 0.6 is 0 Å². The first kappa shape index (κ1) is 10.4. The second-order valence-corrected chi connectivity index (χ2v) is 4.44. The van der Waals surface area contributed by atoms with E-state index < -0.39 is 0 Å². The molecule has 4 nitrogen and oxygen atoms in total. The Balaban J connectivity index is 1.86. The Morgan fingerprint density at radius 3 is 2.71 bits per heavy atom. The number of nitrogens with zero attached hydrogens (tertiary/aromatic N) is 1. The maximum Gasteiger partial charge on any atom is 0.0668 e. The van der Waals surface area contributed by atoms with Gasteiger partial charge in [-0.3, -0.25) is 4.90 Å². The lowest BCUT2D eigenvalue weighted by Crippen LogP contribution is -2.55. The number of aliphatic hydroxyl groups excluding tert-OH is 2. The molecule has 2 fully saturated rings. The van der Waals surface area contributed by atoms with Crippen molar-refractivity contribution in [3.63, 3.8) is 0 Å². The van der Waals surface area contributed by atoms with Crippen molar-refractivity contribution in [3.8, 4) is 0 Å². The molecule has 14 heavy (non-hydrogen) atoms. The molecule has 0 spiro atoms. The highest BCUT2D eigenvalue weighted by molar-refractivity contribution is 4.82. The minimum atomic E-state index is -0.176. The molecule has 0 saturated carbocycles. The highest BCUT2D eigenvalue weighted by Crippen LogP contribution is 2.17. The number of β-amino-alcohol motifs (C(OH)–C–C–N with tert-alkyl or cyclic N) is 1. The van der Waals surface area contributed by atoms with E-state index in [1.54, 1.807) is 0 Å². The SMILES string of the molecule is OC1CCNC(N2CCCC(O)C2)C1. The van der Waals surface area contributed by atoms with E-state index in [4.69, 9.17) is 0 Å². The van der Waals surface area contributed by atoms with Gasteiger partial charge < -0.3 is 15.5 Å². The van der Waals surface area contributed by atoms with Gasteiger partial charge in [-0.1, -0.05) is 0 Å². The third kappa shape index (κ3) is 2.45. The maximum absolute atomic E-state index is 9.55. The monoisotopic (exact) mass is 200 g/mol. The van der Waals surface area contributed by atoms with E-state index >= 15 is 0 Å². The molecule has 2 aliphatic rings. The van der Waals surface area contributed by atoms with Gasteiger partial charge in [-0.25, -0.2) is 0 Å². The average Bonchev–Trinajstić information content (AvgIpc) is 2.18. The van der Waals surface area contributed by atoms with Crippen molar-refractivity contribution in [1.29, 1.82) is 0 Å². The lowest BCUT2D eigenvalue weighted by molar-refractivity contribution is 0.00222. The minimum absolute atomic E-state index is 0.166. The van der Waals surface area contributed by atoms with E-state index in [2.05, 4.69) is 10.2 Å². The molecule has 2 heterocycles. The average molecular weight is 200 g/mol. The molecule has 3 N–H and O–H groups in total. The molecule has 4 heteroatoms. The molecule has 3 atom stereocenters. The van der Waals surface area contributed by atoms with Crippen LogP contribution in [0, 0.1) is 0 Å². The van der Waals surface area contributed by atoms with Gasteiger partial charge in [-0.15, -0.1) is 0 Å². The van der Waals surface area contributed by atoms with Crippen molar-refractivity contribution >= 4 is 0 Å². The van der Waals surface area contributed by atoms with Crippen LogP contribution in [0.2, 0.25) is 0 Å². The second-order valence-electron chi connectivity index (χ2n) is 4.44. The number of rotatable bonds is 1. The summed E-state index contributed by atoms with van der Waals surface area (Å²) in [6.07, 6.45) is 3.57. The number of piperidine rings is 2. The van der Waals surface area contributed by atoms with E-state index in [1.165, 1.54) is 0 Å². The van der Waals surface area contributed by atoms with Crippen LogP contribution in [0.25, 0.3) is 0 Å². The number of likely N-dealkylation sites (tertiary alicyclic amines) is 1. The van der Waals surface area contributed by atoms with Crippen LogP contribution in [0.3, 0.4) is 0 Å². The second kappa shape index (κ2) is 4.57. The molecule has 2 aliphatic heterocycles. The van der Waals surface area contributed by atoms with Crippen molar-refractivity contribution in [3.05, 3.63) is 0 Å². The van der Waals surface area contributed by atoms with Crippen LogP contribution < -0.4 is 5.32 Å². The standard InChI is InChI=1S/C10H20N2O2/c13-8-3-4-11-10(6-8)12-5-1-2-9(14)7-12/h8-11,13-14H,1-7H2. The normalized spacial score (nSPS) is 41.1. The van der Waals surface area contributed by atoms with Gasteiger partial charge in [0.1, 0.15) is 0 Å². The van der Waals surface area contributed by atoms with Gasteiger partial charge in [-0.2, -0.15) is 0 Å². The predicted molar refractivity (Wildman–Crippen MR) is 53.8 cm³/mol. The zero-order valence-corrected chi connectivity index (χ0v) is 8.52. The highest BCUT2D eigenvalue weighted by Gasteiger charge is 2.28. The Labute approximate surface area is 84.9 Å². The largest absolute Gasteiger partial charge is 0.393 e. The van der Waals surface area contributed by atoms with E-state index in [0.29, 0.717) is 0 Å². The van der Waals surface area contributed by atoms with Gasteiger partial charge in [0.15, 0.2) is 0 Å². The lowest BCUT2D eigenvalue weighted by atomic mass is 10.0. The zero-order chi connectivity index (χ0) is 9.97. The molecule has 0 radical (unpaired) electrons. The van der Waals surface area contributed by atoms with Crippen molar-refractivity contribution < 1.29 is 10.2 Å². The number of nitrogens with one attached hydrogen (secondary N) is 1. The molecule has 2 saturated heterocycles. The molecule has 0 aromatic rings. The Kier molecular flexibility index (Phi) is 3.38. The molecule has 2 rings (SSSR count). The topological polar surface area (TPSA) is 55.7 Å². The van der Waals surface area contributed by atoms with E-state index in [0.717, 1.165) is 45.3 Å². The molecular formula is C10H20N2O2. The van der Waals surface area contributed by atoms with Crippen molar-refractivity contribution in [2.24, 2.45) is 0 Å². The third-order valence-corrected chi connectivity index (χ3v) is 3.22. The van der Waals surface area contributed by atoms with Crippen LogP contribution in [0.1, 0.15) is 25.7 Å². The highest BCUT2D eigenvalue weighted by atomic mass is 16.3. The fourth-order valence-corrected chi connectivity index (χ4v) is 2.42. The zero-order valence-electron chi connectivity index (χ0n) is 8.52. The van der Waals surface area contributed by atoms with Crippen molar-refractivity contribution in [1.82, 2.24) is 10.2 Å². The lowest BCUT2D eigenvalue weighted by Gasteiger charge is -2.40. The summed E-state index contributed by atoms with van der Waals surface area (Å²) < 4.78 is 0. The summed E-state index contributed by atoms with van der Waals surface area (Å²) >= 11 is 0. The first-order valence-corrected chi connectivity index (χ1v) is 5.59. The summed E-state index contributed by atoms with van der Waals surface area (Å²) in [5.74, 6) is 0. The number of hydrogen-bond donors (Lipinski definition) is 3. The van der Waals surface area contributed by atoms with E-state index in [1.807, 2.05) is 0 Å². The van der Waals surface area contributed by atoms with Gasteiger partial charge in [0.2, 0.25) is 0 Å². The van der Waals surface area contributed by atoms with Crippen LogP contribution in [0.5, 0.6) is 0 Å². The van der Waals surface area contributed by atoms with Gasteiger partial charge >= 0.3 is 0 Å². The van der Waals surface area contributed by atoms with Crippen LogP contribution in [-0.2, 0) is 0 Å². The van der Waals surface area contributed by atoms with Gasteiger partial charge in [0.05, 0.1) is 18.4 Å². The summed E-state index contributed by atoms with van der Waals surface area (Å²) in [4.78, 5) is 2.26. The quantitative estimate of drug-likeness (QED) is 0.535.